The van der Waals surface area contributed by atoms with Crippen molar-refractivity contribution in [1.29, 1.82) is 0 Å². The first-order valence-electron chi connectivity index (χ1n) is 9.58. The van der Waals surface area contributed by atoms with E-state index in [1.54, 1.807) is 7.11 Å². The van der Waals surface area contributed by atoms with Gasteiger partial charge in [0.05, 0.1) is 13.2 Å². The van der Waals surface area contributed by atoms with Gasteiger partial charge in [0.1, 0.15) is 5.75 Å². The van der Waals surface area contributed by atoms with Gasteiger partial charge < -0.3 is 20.3 Å². The van der Waals surface area contributed by atoms with Crippen molar-refractivity contribution >= 4 is 29.9 Å². The molecule has 1 aromatic carbocycles. The number of halogens is 1. The normalized spacial score (nSPS) is 18.9. The molecule has 0 spiro atoms. The molecule has 2 unspecified atom stereocenters. The largest absolute Gasteiger partial charge is 0.497 e. The second kappa shape index (κ2) is 12.4. The van der Waals surface area contributed by atoms with E-state index in [0.29, 0.717) is 6.04 Å². The number of aliphatic imine (C=N–C) groups is 1. The van der Waals surface area contributed by atoms with Crippen LogP contribution in [0.1, 0.15) is 31.4 Å². The first-order chi connectivity index (χ1) is 12.6. The molecule has 2 N–H and O–H groups in total. The molecule has 0 radical (unpaired) electrons. The first-order valence-corrected chi connectivity index (χ1v) is 9.58. The smallest absolute Gasteiger partial charge is 0.191 e. The maximum absolute atomic E-state index is 5.37. The fourth-order valence-electron chi connectivity index (χ4n) is 3.62. The molecule has 0 aromatic heterocycles. The third-order valence-corrected chi connectivity index (χ3v) is 5.20. The molecule has 7 heteroatoms. The lowest BCUT2D eigenvalue weighted by Gasteiger charge is -2.27. The number of hydrogen-bond donors (Lipinski definition) is 2. The second-order valence-electron chi connectivity index (χ2n) is 7.01. The minimum Gasteiger partial charge on any atom is -0.497 e. The van der Waals surface area contributed by atoms with Crippen molar-refractivity contribution in [3.63, 3.8) is 0 Å². The standard InChI is InChI=1S/C20H35N5O.HI/c1-6-25-12-8-10-17(25)14-22-20(21-2)23-15-19(24(3)4)16-9-7-11-18(13-16)26-5;/h7,9,11,13,17,19H,6,8,10,12,14-15H2,1-5H3,(H2,21,22,23);1H. The van der Waals surface area contributed by atoms with Gasteiger partial charge in [0.2, 0.25) is 0 Å². The number of likely N-dealkylation sites (N-methyl/N-ethyl adjacent to an activating group) is 2. The van der Waals surface area contributed by atoms with Crippen LogP contribution in [0.25, 0.3) is 0 Å². The number of nitrogens with one attached hydrogen (secondary N) is 2. The maximum Gasteiger partial charge on any atom is 0.191 e. The predicted molar refractivity (Wildman–Crippen MR) is 124 cm³/mol. The summed E-state index contributed by atoms with van der Waals surface area (Å²) in [6.45, 7) is 6.30. The Morgan fingerprint density at radius 2 is 2.15 bits per heavy atom. The van der Waals surface area contributed by atoms with E-state index in [1.807, 2.05) is 19.2 Å². The summed E-state index contributed by atoms with van der Waals surface area (Å²) < 4.78 is 5.37. The summed E-state index contributed by atoms with van der Waals surface area (Å²) in [7, 11) is 7.73. The van der Waals surface area contributed by atoms with E-state index in [0.717, 1.165) is 31.3 Å². The third kappa shape index (κ3) is 7.12. The van der Waals surface area contributed by atoms with Crippen LogP contribution < -0.4 is 15.4 Å². The van der Waals surface area contributed by atoms with Crippen molar-refractivity contribution < 1.29 is 4.74 Å². The minimum atomic E-state index is 0. The van der Waals surface area contributed by atoms with Crippen LogP contribution in [-0.4, -0.2) is 76.2 Å². The van der Waals surface area contributed by atoms with Crippen LogP contribution in [0.15, 0.2) is 29.3 Å². The molecular formula is C20H36IN5O. The molecule has 1 fully saturated rings. The van der Waals surface area contributed by atoms with Crippen molar-refractivity contribution in [3.8, 4) is 5.75 Å². The van der Waals surface area contributed by atoms with Crippen LogP contribution in [0.3, 0.4) is 0 Å². The highest BCUT2D eigenvalue weighted by molar-refractivity contribution is 14.0. The van der Waals surface area contributed by atoms with Crippen molar-refractivity contribution in [3.05, 3.63) is 29.8 Å². The van der Waals surface area contributed by atoms with Crippen LogP contribution in [0.4, 0.5) is 0 Å². The van der Waals surface area contributed by atoms with E-state index >= 15 is 0 Å². The Morgan fingerprint density at radius 3 is 2.78 bits per heavy atom. The lowest BCUT2D eigenvalue weighted by molar-refractivity contribution is 0.266. The third-order valence-electron chi connectivity index (χ3n) is 5.20. The lowest BCUT2D eigenvalue weighted by atomic mass is 10.1. The number of nitrogens with zero attached hydrogens (tertiary/aromatic N) is 3. The first kappa shape index (κ1) is 24.0. The summed E-state index contributed by atoms with van der Waals surface area (Å²) >= 11 is 0. The number of likely N-dealkylation sites (tertiary alicyclic amines) is 1. The Morgan fingerprint density at radius 1 is 1.37 bits per heavy atom. The van der Waals surface area contributed by atoms with Crippen LogP contribution in [0, 0.1) is 0 Å². The average molecular weight is 489 g/mol. The zero-order valence-electron chi connectivity index (χ0n) is 17.4. The van der Waals surface area contributed by atoms with E-state index in [-0.39, 0.29) is 30.0 Å². The van der Waals surface area contributed by atoms with E-state index < -0.39 is 0 Å². The van der Waals surface area contributed by atoms with Crippen molar-refractivity contribution in [2.24, 2.45) is 4.99 Å². The molecule has 1 aliphatic heterocycles. The van der Waals surface area contributed by atoms with Gasteiger partial charge in [-0.2, -0.15) is 0 Å². The quantitative estimate of drug-likeness (QED) is 0.334. The Kier molecular flexibility index (Phi) is 11.0. The average Bonchev–Trinajstić information content (AvgIpc) is 3.11. The molecule has 27 heavy (non-hydrogen) atoms. The maximum atomic E-state index is 5.37. The Labute approximate surface area is 181 Å². The summed E-state index contributed by atoms with van der Waals surface area (Å²) in [6, 6.07) is 9.11. The zero-order valence-corrected chi connectivity index (χ0v) is 19.7. The number of hydrogen-bond acceptors (Lipinski definition) is 4. The fraction of sp³-hybridized carbons (Fsp3) is 0.650. The van der Waals surface area contributed by atoms with Gasteiger partial charge in [-0.1, -0.05) is 19.1 Å². The van der Waals surface area contributed by atoms with Crippen LogP contribution in [0.2, 0.25) is 0 Å². The topological polar surface area (TPSA) is 52.1 Å². The molecule has 2 rings (SSSR count). The molecule has 154 valence electrons. The van der Waals surface area contributed by atoms with Crippen molar-refractivity contribution in [2.75, 3.05) is 54.4 Å². The number of methoxy groups -OCH3 is 1. The van der Waals surface area contributed by atoms with Gasteiger partial charge >= 0.3 is 0 Å². The molecule has 1 saturated heterocycles. The highest BCUT2D eigenvalue weighted by Gasteiger charge is 2.23. The molecule has 1 heterocycles. The molecular weight excluding hydrogens is 453 g/mol. The van der Waals surface area contributed by atoms with Crippen LogP contribution >= 0.6 is 24.0 Å². The van der Waals surface area contributed by atoms with Gasteiger partial charge in [0.15, 0.2) is 5.96 Å². The molecule has 2 atom stereocenters. The fourth-order valence-corrected chi connectivity index (χ4v) is 3.62. The monoisotopic (exact) mass is 489 g/mol. The lowest BCUT2D eigenvalue weighted by Crippen LogP contribution is -2.46. The Bertz CT molecular complexity index is 581. The van der Waals surface area contributed by atoms with Gasteiger partial charge in [-0.05, 0) is 57.7 Å². The van der Waals surface area contributed by atoms with E-state index in [9.17, 15) is 0 Å². The highest BCUT2D eigenvalue weighted by Crippen LogP contribution is 2.22. The minimum absolute atomic E-state index is 0. The molecule has 6 nitrogen and oxygen atoms in total. The summed E-state index contributed by atoms with van der Waals surface area (Å²) in [6.07, 6.45) is 2.56. The summed E-state index contributed by atoms with van der Waals surface area (Å²) in [4.78, 5) is 9.15. The number of ether oxygens (including phenoxy) is 1. The van der Waals surface area contributed by atoms with Gasteiger partial charge in [-0.25, -0.2) is 0 Å². The summed E-state index contributed by atoms with van der Waals surface area (Å²) in [5.74, 6) is 1.75. The molecule has 1 aliphatic rings. The van der Waals surface area contributed by atoms with Crippen LogP contribution in [-0.2, 0) is 0 Å². The molecule has 0 aliphatic carbocycles. The number of rotatable bonds is 8. The summed E-state index contributed by atoms with van der Waals surface area (Å²) in [5, 5.41) is 6.98. The van der Waals surface area contributed by atoms with Gasteiger partial charge in [0, 0.05) is 26.2 Å². The van der Waals surface area contributed by atoms with Gasteiger partial charge in [-0.3, -0.25) is 9.89 Å². The molecule has 0 amide bonds. The molecule has 0 bridgehead atoms. The highest BCUT2D eigenvalue weighted by atomic mass is 127. The number of guanidine groups is 1. The second-order valence-corrected chi connectivity index (χ2v) is 7.01. The van der Waals surface area contributed by atoms with Gasteiger partial charge in [0.25, 0.3) is 0 Å². The Balaban J connectivity index is 0.00000364. The molecule has 1 aromatic rings. The predicted octanol–water partition coefficient (Wildman–Crippen LogP) is 2.57. The van der Waals surface area contributed by atoms with Crippen LogP contribution in [0.5, 0.6) is 5.75 Å². The van der Waals surface area contributed by atoms with Crippen molar-refractivity contribution in [1.82, 2.24) is 20.4 Å². The van der Waals surface area contributed by atoms with Gasteiger partial charge in [-0.15, -0.1) is 24.0 Å². The SMILES string of the molecule is CCN1CCCC1CNC(=NC)NCC(c1cccc(OC)c1)N(C)C.I. The van der Waals surface area contributed by atoms with E-state index in [1.165, 1.54) is 24.9 Å². The van der Waals surface area contributed by atoms with Crippen molar-refractivity contribution in [2.45, 2.75) is 31.8 Å². The van der Waals surface area contributed by atoms with E-state index in [4.69, 9.17) is 4.74 Å². The summed E-state index contributed by atoms with van der Waals surface area (Å²) in [5.41, 5.74) is 1.23. The van der Waals surface area contributed by atoms with E-state index in [2.05, 4.69) is 58.6 Å². The molecule has 0 saturated carbocycles. The zero-order chi connectivity index (χ0) is 18.9. The number of benzene rings is 1. The Hall–Kier alpha value is -1.06.